The van der Waals surface area contributed by atoms with Crippen LogP contribution in [0.25, 0.3) is 5.69 Å². The predicted molar refractivity (Wildman–Crippen MR) is 105 cm³/mol. The van der Waals surface area contributed by atoms with E-state index in [-0.39, 0.29) is 17.2 Å². The summed E-state index contributed by atoms with van der Waals surface area (Å²) in [4.78, 5) is 12.6. The summed E-state index contributed by atoms with van der Waals surface area (Å²) in [5.74, 6) is 0.803. The number of carbonyl (C=O) groups excluding carboxylic acids is 1. The topological polar surface area (TPSA) is 46.9 Å². The summed E-state index contributed by atoms with van der Waals surface area (Å²) in [5, 5.41) is 7.78. The molecule has 1 amide bonds. The lowest BCUT2D eigenvalue weighted by molar-refractivity contribution is -0.123. The van der Waals surface area contributed by atoms with Gasteiger partial charge in [-0.15, -0.1) is 11.6 Å². The zero-order chi connectivity index (χ0) is 19.0. The quantitative estimate of drug-likeness (QED) is 0.780. The molecule has 0 bridgehead atoms. The predicted octanol–water partition coefficient (Wildman–Crippen LogP) is 4.99. The summed E-state index contributed by atoms with van der Waals surface area (Å²) in [7, 11) is 0. The molecular weight excluding hydrogens is 334 g/mol. The fraction of sp³-hybridized carbons (Fsp3) is 0.500. The van der Waals surface area contributed by atoms with Crippen molar-refractivity contribution in [1.82, 2.24) is 9.78 Å². The van der Waals surface area contributed by atoms with Crippen LogP contribution in [-0.2, 0) is 10.2 Å². The SMILES string of the molecule is Cc1ccc(-n2nc(C(C)(C)C)cc2NC(=O)C(C)(C)CCl)c(C)c1. The molecule has 2 aromatic rings. The van der Waals surface area contributed by atoms with Crippen molar-refractivity contribution in [3.05, 3.63) is 41.1 Å². The first kappa shape index (κ1) is 19.5. The lowest BCUT2D eigenvalue weighted by Gasteiger charge is -2.21. The molecular formula is C20H28ClN3O. The first-order valence-electron chi connectivity index (χ1n) is 8.51. The van der Waals surface area contributed by atoms with E-state index < -0.39 is 5.41 Å². The van der Waals surface area contributed by atoms with E-state index in [2.05, 4.69) is 52.1 Å². The van der Waals surface area contributed by atoms with Crippen molar-refractivity contribution in [2.45, 2.75) is 53.9 Å². The third-order valence-corrected chi connectivity index (χ3v) is 4.92. The summed E-state index contributed by atoms with van der Waals surface area (Å²) in [6.45, 7) is 14.1. The van der Waals surface area contributed by atoms with Crippen molar-refractivity contribution in [2.24, 2.45) is 5.41 Å². The molecule has 1 aromatic heterocycles. The van der Waals surface area contributed by atoms with E-state index >= 15 is 0 Å². The summed E-state index contributed by atoms with van der Waals surface area (Å²) >= 11 is 5.95. The maximum Gasteiger partial charge on any atom is 0.232 e. The molecule has 0 radical (unpaired) electrons. The highest BCUT2D eigenvalue weighted by atomic mass is 35.5. The molecule has 0 fully saturated rings. The van der Waals surface area contributed by atoms with Crippen molar-refractivity contribution in [2.75, 3.05) is 11.2 Å². The number of amides is 1. The second kappa shape index (κ2) is 6.83. The van der Waals surface area contributed by atoms with E-state index in [1.807, 2.05) is 30.7 Å². The van der Waals surface area contributed by atoms with Gasteiger partial charge in [-0.05, 0) is 39.3 Å². The number of hydrogen-bond donors (Lipinski definition) is 1. The van der Waals surface area contributed by atoms with Crippen LogP contribution in [0.5, 0.6) is 0 Å². The van der Waals surface area contributed by atoms with Gasteiger partial charge in [0.2, 0.25) is 5.91 Å². The average molecular weight is 362 g/mol. The van der Waals surface area contributed by atoms with Crippen LogP contribution in [0, 0.1) is 19.3 Å². The van der Waals surface area contributed by atoms with Gasteiger partial charge < -0.3 is 5.32 Å². The molecule has 5 heteroatoms. The third-order valence-electron chi connectivity index (χ3n) is 4.25. The molecule has 136 valence electrons. The molecule has 0 aliphatic heterocycles. The number of nitrogens with zero attached hydrogens (tertiary/aromatic N) is 2. The zero-order valence-corrected chi connectivity index (χ0v) is 17.0. The normalized spacial score (nSPS) is 12.3. The van der Waals surface area contributed by atoms with Gasteiger partial charge in [-0.2, -0.15) is 5.10 Å². The minimum Gasteiger partial charge on any atom is -0.310 e. The highest BCUT2D eigenvalue weighted by molar-refractivity contribution is 6.20. The molecule has 4 nitrogen and oxygen atoms in total. The van der Waals surface area contributed by atoms with Crippen molar-refractivity contribution in [3.8, 4) is 5.69 Å². The highest BCUT2D eigenvalue weighted by Gasteiger charge is 2.29. The van der Waals surface area contributed by atoms with Crippen molar-refractivity contribution in [1.29, 1.82) is 0 Å². The van der Waals surface area contributed by atoms with Crippen molar-refractivity contribution < 1.29 is 4.79 Å². The van der Waals surface area contributed by atoms with E-state index in [1.165, 1.54) is 5.56 Å². The van der Waals surface area contributed by atoms with E-state index in [9.17, 15) is 4.79 Å². The Kier molecular flexibility index (Phi) is 5.33. The molecule has 0 aliphatic rings. The fourth-order valence-electron chi connectivity index (χ4n) is 2.41. The van der Waals surface area contributed by atoms with Crippen LogP contribution in [-0.4, -0.2) is 21.6 Å². The molecule has 0 aliphatic carbocycles. The molecule has 1 N–H and O–H groups in total. The number of aromatic nitrogens is 2. The van der Waals surface area contributed by atoms with Crippen LogP contribution in [0.1, 0.15) is 51.4 Å². The Bertz CT molecular complexity index is 785. The van der Waals surface area contributed by atoms with Gasteiger partial charge in [-0.3, -0.25) is 4.79 Å². The van der Waals surface area contributed by atoms with Crippen LogP contribution in [0.15, 0.2) is 24.3 Å². The summed E-state index contributed by atoms with van der Waals surface area (Å²) < 4.78 is 1.82. The molecule has 0 saturated heterocycles. The molecule has 25 heavy (non-hydrogen) atoms. The van der Waals surface area contributed by atoms with Crippen molar-refractivity contribution >= 4 is 23.3 Å². The van der Waals surface area contributed by atoms with E-state index in [4.69, 9.17) is 16.7 Å². The Morgan fingerprint density at radius 2 is 1.80 bits per heavy atom. The average Bonchev–Trinajstić information content (AvgIpc) is 2.91. The number of carbonyl (C=O) groups is 1. The number of benzene rings is 1. The maximum absolute atomic E-state index is 12.6. The van der Waals surface area contributed by atoms with Crippen LogP contribution < -0.4 is 5.32 Å². The molecule has 0 unspecified atom stereocenters. The van der Waals surface area contributed by atoms with Crippen LogP contribution in [0.3, 0.4) is 0 Å². The van der Waals surface area contributed by atoms with Gasteiger partial charge in [0.05, 0.1) is 16.8 Å². The Morgan fingerprint density at radius 3 is 2.32 bits per heavy atom. The van der Waals surface area contributed by atoms with Crippen LogP contribution >= 0.6 is 11.6 Å². The van der Waals surface area contributed by atoms with Crippen LogP contribution in [0.2, 0.25) is 0 Å². The number of hydrogen-bond acceptors (Lipinski definition) is 2. The van der Waals surface area contributed by atoms with Gasteiger partial charge in [0.1, 0.15) is 5.82 Å². The summed E-state index contributed by atoms with van der Waals surface area (Å²) in [6.07, 6.45) is 0. The van der Waals surface area contributed by atoms with E-state index in [0.29, 0.717) is 5.82 Å². The Hall–Kier alpha value is -1.81. The number of alkyl halides is 1. The van der Waals surface area contributed by atoms with Crippen molar-refractivity contribution in [3.63, 3.8) is 0 Å². The minimum atomic E-state index is -0.652. The van der Waals surface area contributed by atoms with Gasteiger partial charge in [0, 0.05) is 17.4 Å². The molecule has 1 aromatic carbocycles. The smallest absolute Gasteiger partial charge is 0.232 e. The van der Waals surface area contributed by atoms with Gasteiger partial charge in [0.15, 0.2) is 0 Å². The maximum atomic E-state index is 12.6. The molecule has 0 saturated carbocycles. The largest absolute Gasteiger partial charge is 0.310 e. The second-order valence-corrected chi connectivity index (χ2v) is 8.61. The zero-order valence-electron chi connectivity index (χ0n) is 16.2. The van der Waals surface area contributed by atoms with E-state index in [1.54, 1.807) is 0 Å². The summed E-state index contributed by atoms with van der Waals surface area (Å²) in [5.41, 5.74) is 3.41. The monoisotopic (exact) mass is 361 g/mol. The number of rotatable bonds is 4. The Labute approximate surface area is 155 Å². The minimum absolute atomic E-state index is 0.117. The highest BCUT2D eigenvalue weighted by Crippen LogP contribution is 2.29. The molecule has 2 rings (SSSR count). The van der Waals surface area contributed by atoms with Gasteiger partial charge in [-0.25, -0.2) is 4.68 Å². The lowest BCUT2D eigenvalue weighted by Crippen LogP contribution is -2.33. The third kappa shape index (κ3) is 4.24. The molecule has 1 heterocycles. The van der Waals surface area contributed by atoms with Gasteiger partial charge >= 0.3 is 0 Å². The number of anilines is 1. The Morgan fingerprint density at radius 1 is 1.16 bits per heavy atom. The first-order valence-corrected chi connectivity index (χ1v) is 9.05. The Balaban J connectivity index is 2.54. The standard InChI is InChI=1S/C20H28ClN3O/c1-13-8-9-15(14(2)10-13)24-17(11-16(23-24)19(3,4)5)22-18(25)20(6,7)12-21/h8-11H,12H2,1-7H3,(H,22,25). The molecule has 0 spiro atoms. The lowest BCUT2D eigenvalue weighted by atomic mass is 9.92. The number of halogens is 1. The van der Waals surface area contributed by atoms with Gasteiger partial charge in [0.25, 0.3) is 0 Å². The first-order chi connectivity index (χ1) is 11.5. The van der Waals surface area contributed by atoms with Gasteiger partial charge in [-0.1, -0.05) is 38.5 Å². The van der Waals surface area contributed by atoms with Crippen LogP contribution in [0.4, 0.5) is 5.82 Å². The molecule has 0 atom stereocenters. The number of nitrogens with one attached hydrogen (secondary N) is 1. The number of aryl methyl sites for hydroxylation is 2. The summed E-state index contributed by atoms with van der Waals surface area (Å²) in [6, 6.07) is 8.14. The second-order valence-electron chi connectivity index (χ2n) is 8.34. The van der Waals surface area contributed by atoms with E-state index in [0.717, 1.165) is 16.9 Å². The fourth-order valence-corrected chi connectivity index (χ4v) is 2.53.